The number of hydrogen-bond acceptors (Lipinski definition) is 2. The number of hydrogen-bond donors (Lipinski definition) is 1. The summed E-state index contributed by atoms with van der Waals surface area (Å²) in [6, 6.07) is 4.20. The molecule has 2 aliphatic rings. The van der Waals surface area contributed by atoms with Gasteiger partial charge in [0, 0.05) is 17.8 Å². The molecule has 1 aromatic heterocycles. The average Bonchev–Trinajstić information content (AvgIpc) is 2.32. The van der Waals surface area contributed by atoms with Crippen LogP contribution in [0.2, 0.25) is 0 Å². The van der Waals surface area contributed by atoms with E-state index in [1.54, 1.807) is 0 Å². The lowest BCUT2D eigenvalue weighted by Crippen LogP contribution is -2.55. The molecule has 2 heteroatoms. The van der Waals surface area contributed by atoms with Crippen LogP contribution in [0.4, 0.5) is 0 Å². The van der Waals surface area contributed by atoms with Gasteiger partial charge in [0.15, 0.2) is 0 Å². The second-order valence-electron chi connectivity index (χ2n) is 6.86. The third-order valence-electron chi connectivity index (χ3n) is 5.46. The fraction of sp³-hybridized carbons (Fsp3) is 0.688. The molecule has 0 aromatic carbocycles. The van der Waals surface area contributed by atoms with Gasteiger partial charge in [-0.05, 0) is 42.2 Å². The summed E-state index contributed by atoms with van der Waals surface area (Å²) in [6.45, 7) is 6.78. The van der Waals surface area contributed by atoms with Crippen LogP contribution >= 0.6 is 0 Å². The Morgan fingerprint density at radius 2 is 2.11 bits per heavy atom. The summed E-state index contributed by atoms with van der Waals surface area (Å²) < 4.78 is 0. The lowest BCUT2D eigenvalue weighted by molar-refractivity contribution is -0.123. The van der Waals surface area contributed by atoms with Crippen LogP contribution in [0.15, 0.2) is 18.3 Å². The zero-order valence-corrected chi connectivity index (χ0v) is 11.6. The zero-order chi connectivity index (χ0) is 13.0. The fourth-order valence-corrected chi connectivity index (χ4v) is 4.29. The van der Waals surface area contributed by atoms with Crippen molar-refractivity contribution in [3.8, 4) is 0 Å². The molecule has 1 heterocycles. The van der Waals surface area contributed by atoms with E-state index < -0.39 is 5.60 Å². The van der Waals surface area contributed by atoms with Gasteiger partial charge in [0.05, 0.1) is 5.60 Å². The number of aliphatic hydroxyl groups is 1. The molecular formula is C16H23NO. The highest BCUT2D eigenvalue weighted by atomic mass is 16.3. The van der Waals surface area contributed by atoms with E-state index in [9.17, 15) is 5.11 Å². The van der Waals surface area contributed by atoms with E-state index in [1.165, 1.54) is 12.0 Å². The van der Waals surface area contributed by atoms with E-state index in [0.29, 0.717) is 5.92 Å². The maximum atomic E-state index is 11.2. The van der Waals surface area contributed by atoms with Crippen molar-refractivity contribution < 1.29 is 5.11 Å². The molecule has 0 saturated heterocycles. The largest absolute Gasteiger partial charge is 0.389 e. The molecule has 0 bridgehead atoms. The summed E-state index contributed by atoms with van der Waals surface area (Å²) >= 11 is 0. The van der Waals surface area contributed by atoms with E-state index >= 15 is 0 Å². The van der Waals surface area contributed by atoms with Crippen LogP contribution < -0.4 is 0 Å². The van der Waals surface area contributed by atoms with Crippen molar-refractivity contribution in [3.63, 3.8) is 0 Å². The van der Waals surface area contributed by atoms with Crippen molar-refractivity contribution in [2.75, 3.05) is 0 Å². The molecule has 1 saturated carbocycles. The normalized spacial score (nSPS) is 37.8. The van der Waals surface area contributed by atoms with E-state index in [2.05, 4.69) is 31.8 Å². The highest BCUT2D eigenvalue weighted by Gasteiger charge is 2.54. The first-order chi connectivity index (χ1) is 8.45. The molecule has 3 rings (SSSR count). The van der Waals surface area contributed by atoms with Crippen LogP contribution in [0, 0.1) is 11.3 Å². The second-order valence-corrected chi connectivity index (χ2v) is 6.86. The van der Waals surface area contributed by atoms with E-state index in [4.69, 9.17) is 0 Å². The fourth-order valence-electron chi connectivity index (χ4n) is 4.29. The lowest BCUT2D eigenvalue weighted by atomic mass is 9.53. The number of rotatable bonds is 0. The van der Waals surface area contributed by atoms with Crippen molar-refractivity contribution in [2.45, 2.75) is 58.0 Å². The van der Waals surface area contributed by atoms with Crippen molar-refractivity contribution in [2.24, 2.45) is 11.3 Å². The number of fused-ring (bicyclic) bond motifs is 2. The molecule has 0 amide bonds. The molecule has 0 aliphatic heterocycles. The van der Waals surface area contributed by atoms with Gasteiger partial charge in [-0.15, -0.1) is 0 Å². The first kappa shape index (κ1) is 12.2. The van der Waals surface area contributed by atoms with Crippen molar-refractivity contribution in [1.29, 1.82) is 0 Å². The van der Waals surface area contributed by atoms with Crippen LogP contribution in [0.1, 0.15) is 57.2 Å². The number of aromatic nitrogens is 1. The van der Waals surface area contributed by atoms with Gasteiger partial charge in [-0.2, -0.15) is 0 Å². The van der Waals surface area contributed by atoms with Crippen LogP contribution in [0.25, 0.3) is 0 Å². The molecule has 1 aromatic rings. The molecule has 0 radical (unpaired) electrons. The Morgan fingerprint density at radius 1 is 1.33 bits per heavy atom. The average molecular weight is 245 g/mol. The summed E-state index contributed by atoms with van der Waals surface area (Å²) in [6.07, 6.45) is 6.12. The maximum absolute atomic E-state index is 11.2. The monoisotopic (exact) mass is 245 g/mol. The summed E-state index contributed by atoms with van der Waals surface area (Å²) in [7, 11) is 0. The SMILES string of the molecule is C[C@@H]1c2ncccc2C[C@@H]2C(C)(C)CCC[C@@]12O. The highest BCUT2D eigenvalue weighted by molar-refractivity contribution is 5.32. The predicted octanol–water partition coefficient (Wildman–Crippen LogP) is 3.30. The predicted molar refractivity (Wildman–Crippen MR) is 72.4 cm³/mol. The summed E-state index contributed by atoms with van der Waals surface area (Å²) in [5, 5.41) is 11.2. The van der Waals surface area contributed by atoms with E-state index in [-0.39, 0.29) is 11.3 Å². The molecular weight excluding hydrogens is 222 g/mol. The minimum absolute atomic E-state index is 0.159. The number of nitrogens with zero attached hydrogens (tertiary/aromatic N) is 1. The van der Waals surface area contributed by atoms with Gasteiger partial charge < -0.3 is 5.11 Å². The van der Waals surface area contributed by atoms with Crippen LogP contribution in [0.5, 0.6) is 0 Å². The van der Waals surface area contributed by atoms with Gasteiger partial charge >= 0.3 is 0 Å². The van der Waals surface area contributed by atoms with Gasteiger partial charge in [0.25, 0.3) is 0 Å². The quantitative estimate of drug-likeness (QED) is 0.760. The molecule has 1 fully saturated rings. The van der Waals surface area contributed by atoms with E-state index in [1.807, 2.05) is 12.3 Å². The Balaban J connectivity index is 2.11. The van der Waals surface area contributed by atoms with E-state index in [0.717, 1.165) is 25.0 Å². The molecule has 1 N–H and O–H groups in total. The summed E-state index contributed by atoms with van der Waals surface area (Å²) in [5.74, 6) is 0.525. The smallest absolute Gasteiger partial charge is 0.0764 e. The zero-order valence-electron chi connectivity index (χ0n) is 11.6. The van der Waals surface area contributed by atoms with Gasteiger partial charge in [-0.25, -0.2) is 0 Å². The van der Waals surface area contributed by atoms with Gasteiger partial charge in [-0.1, -0.05) is 33.3 Å². The maximum Gasteiger partial charge on any atom is 0.0764 e. The first-order valence-corrected chi connectivity index (χ1v) is 7.11. The Labute approximate surface area is 109 Å². The standard InChI is InChI=1S/C16H23NO/c1-11-14-12(6-4-9-17-14)10-13-15(2,3)7-5-8-16(11,13)18/h4,6,9,11,13,18H,5,7-8,10H2,1-3H3/t11-,13-,16-/m1/s1. The molecule has 0 unspecified atom stereocenters. The molecule has 2 nitrogen and oxygen atoms in total. The summed E-state index contributed by atoms with van der Waals surface area (Å²) in [4.78, 5) is 4.52. The first-order valence-electron chi connectivity index (χ1n) is 7.11. The van der Waals surface area contributed by atoms with Gasteiger partial charge in [0.1, 0.15) is 0 Å². The van der Waals surface area contributed by atoms with Crippen LogP contribution in [-0.2, 0) is 6.42 Å². The molecule has 98 valence electrons. The third-order valence-corrected chi connectivity index (χ3v) is 5.46. The minimum atomic E-state index is -0.552. The Morgan fingerprint density at radius 3 is 2.89 bits per heavy atom. The Bertz CT molecular complexity index is 468. The van der Waals surface area contributed by atoms with Gasteiger partial charge in [-0.3, -0.25) is 4.98 Å². The Kier molecular flexibility index (Phi) is 2.57. The summed E-state index contributed by atoms with van der Waals surface area (Å²) in [5.41, 5.74) is 2.14. The third kappa shape index (κ3) is 1.55. The molecule has 0 spiro atoms. The molecule has 18 heavy (non-hydrogen) atoms. The minimum Gasteiger partial charge on any atom is -0.389 e. The second kappa shape index (κ2) is 3.80. The molecule has 2 aliphatic carbocycles. The Hall–Kier alpha value is -0.890. The topological polar surface area (TPSA) is 33.1 Å². The van der Waals surface area contributed by atoms with Crippen molar-refractivity contribution in [1.82, 2.24) is 4.98 Å². The van der Waals surface area contributed by atoms with Crippen LogP contribution in [0.3, 0.4) is 0 Å². The molecule has 3 atom stereocenters. The van der Waals surface area contributed by atoms with Gasteiger partial charge in [0.2, 0.25) is 0 Å². The number of pyridine rings is 1. The van der Waals surface area contributed by atoms with Crippen molar-refractivity contribution >= 4 is 0 Å². The lowest BCUT2D eigenvalue weighted by Gasteiger charge is -2.55. The van der Waals surface area contributed by atoms with Crippen LogP contribution in [-0.4, -0.2) is 15.7 Å². The van der Waals surface area contributed by atoms with Crippen molar-refractivity contribution in [3.05, 3.63) is 29.6 Å². The highest BCUT2D eigenvalue weighted by Crippen LogP contribution is 2.55.